The molecule has 2 atom stereocenters. The van der Waals surface area contributed by atoms with E-state index < -0.39 is 6.04 Å². The lowest BCUT2D eigenvalue weighted by atomic mass is 10.1. The number of carbonyl (C=O) groups is 2. The molecule has 0 radical (unpaired) electrons. The lowest BCUT2D eigenvalue weighted by molar-refractivity contribution is -0.125. The molecule has 1 heterocycles. The van der Waals surface area contributed by atoms with E-state index in [-0.39, 0.29) is 17.9 Å². The van der Waals surface area contributed by atoms with Gasteiger partial charge in [-0.1, -0.05) is 60.7 Å². The van der Waals surface area contributed by atoms with Crippen LogP contribution in [0.3, 0.4) is 0 Å². The number of likely N-dealkylation sites (tertiary alicyclic amines) is 1. The molecule has 0 bridgehead atoms. The summed E-state index contributed by atoms with van der Waals surface area (Å²) in [6.07, 6.45) is 1.55. The van der Waals surface area contributed by atoms with Gasteiger partial charge >= 0.3 is 0 Å². The van der Waals surface area contributed by atoms with Gasteiger partial charge in [0.1, 0.15) is 6.04 Å². The van der Waals surface area contributed by atoms with Crippen molar-refractivity contribution >= 4 is 22.6 Å². The quantitative estimate of drug-likeness (QED) is 0.741. The Hall–Kier alpha value is -3.14. The Kier molecular flexibility index (Phi) is 5.11. The van der Waals surface area contributed by atoms with Crippen LogP contribution in [0.25, 0.3) is 10.8 Å². The van der Waals surface area contributed by atoms with Crippen LogP contribution in [-0.2, 0) is 4.79 Å². The Labute approximate surface area is 165 Å². The van der Waals surface area contributed by atoms with Crippen molar-refractivity contribution in [3.8, 4) is 0 Å². The predicted molar refractivity (Wildman–Crippen MR) is 111 cm³/mol. The molecule has 0 aromatic heterocycles. The zero-order chi connectivity index (χ0) is 19.5. The fraction of sp³-hybridized carbons (Fsp3) is 0.250. The summed E-state index contributed by atoms with van der Waals surface area (Å²) in [5.74, 6) is -0.154. The SMILES string of the molecule is CC(NC(=O)C1CCCN1C(=O)c1ccc2ccccc2c1)c1ccccc1. The fourth-order valence-corrected chi connectivity index (χ4v) is 3.91. The van der Waals surface area contributed by atoms with E-state index in [4.69, 9.17) is 0 Å². The van der Waals surface area contributed by atoms with E-state index in [1.54, 1.807) is 4.90 Å². The molecule has 0 saturated carbocycles. The highest BCUT2D eigenvalue weighted by molar-refractivity contribution is 6.01. The van der Waals surface area contributed by atoms with Crippen molar-refractivity contribution in [2.24, 2.45) is 0 Å². The summed E-state index contributed by atoms with van der Waals surface area (Å²) in [7, 11) is 0. The summed E-state index contributed by atoms with van der Waals surface area (Å²) in [6.45, 7) is 2.58. The van der Waals surface area contributed by atoms with Gasteiger partial charge in [-0.15, -0.1) is 0 Å². The normalized spacial score (nSPS) is 17.5. The third-order valence-electron chi connectivity index (χ3n) is 5.47. The van der Waals surface area contributed by atoms with Crippen molar-refractivity contribution < 1.29 is 9.59 Å². The molecule has 2 unspecified atom stereocenters. The average molecular weight is 372 g/mol. The first-order chi connectivity index (χ1) is 13.6. The van der Waals surface area contributed by atoms with E-state index in [0.29, 0.717) is 18.5 Å². The molecular weight excluding hydrogens is 348 g/mol. The molecule has 2 amide bonds. The first-order valence-electron chi connectivity index (χ1n) is 9.78. The number of benzene rings is 3. The largest absolute Gasteiger partial charge is 0.348 e. The molecule has 1 fully saturated rings. The molecule has 1 saturated heterocycles. The first-order valence-corrected chi connectivity index (χ1v) is 9.78. The molecule has 28 heavy (non-hydrogen) atoms. The maximum atomic E-state index is 13.1. The summed E-state index contributed by atoms with van der Waals surface area (Å²) in [5, 5.41) is 5.21. The van der Waals surface area contributed by atoms with Gasteiger partial charge in [-0.2, -0.15) is 0 Å². The van der Waals surface area contributed by atoms with Crippen molar-refractivity contribution in [1.29, 1.82) is 0 Å². The van der Waals surface area contributed by atoms with Gasteiger partial charge in [0.25, 0.3) is 5.91 Å². The minimum absolute atomic E-state index is 0.0734. The fourth-order valence-electron chi connectivity index (χ4n) is 3.91. The molecular formula is C24H24N2O2. The van der Waals surface area contributed by atoms with Gasteiger partial charge < -0.3 is 10.2 Å². The van der Waals surface area contributed by atoms with Crippen LogP contribution in [0.4, 0.5) is 0 Å². The molecule has 3 aromatic rings. The third kappa shape index (κ3) is 3.63. The zero-order valence-corrected chi connectivity index (χ0v) is 16.0. The summed E-state index contributed by atoms with van der Waals surface area (Å²) in [6, 6.07) is 23.1. The number of nitrogens with one attached hydrogen (secondary N) is 1. The minimum atomic E-state index is -0.412. The van der Waals surface area contributed by atoms with Crippen LogP contribution in [0.15, 0.2) is 72.8 Å². The Balaban J connectivity index is 1.50. The smallest absolute Gasteiger partial charge is 0.254 e. The van der Waals surface area contributed by atoms with Crippen molar-refractivity contribution in [1.82, 2.24) is 10.2 Å². The second kappa shape index (κ2) is 7.85. The number of hydrogen-bond acceptors (Lipinski definition) is 2. The maximum absolute atomic E-state index is 13.1. The second-order valence-electron chi connectivity index (χ2n) is 7.36. The van der Waals surface area contributed by atoms with Gasteiger partial charge in [0, 0.05) is 12.1 Å². The molecule has 3 aromatic carbocycles. The molecule has 142 valence electrons. The monoisotopic (exact) mass is 372 g/mol. The summed E-state index contributed by atoms with van der Waals surface area (Å²) >= 11 is 0. The van der Waals surface area contributed by atoms with Crippen molar-refractivity contribution in [2.45, 2.75) is 31.8 Å². The van der Waals surface area contributed by atoms with Crippen molar-refractivity contribution in [2.75, 3.05) is 6.54 Å². The van der Waals surface area contributed by atoms with Crippen LogP contribution in [0.2, 0.25) is 0 Å². The molecule has 4 rings (SSSR count). The van der Waals surface area contributed by atoms with Crippen LogP contribution >= 0.6 is 0 Å². The topological polar surface area (TPSA) is 49.4 Å². The maximum Gasteiger partial charge on any atom is 0.254 e. The van der Waals surface area contributed by atoms with Gasteiger partial charge in [0.15, 0.2) is 0 Å². The summed E-state index contributed by atoms with van der Waals surface area (Å²) in [4.78, 5) is 27.7. The molecule has 1 aliphatic rings. The van der Waals surface area contributed by atoms with Gasteiger partial charge in [-0.25, -0.2) is 0 Å². The van der Waals surface area contributed by atoms with Crippen molar-refractivity contribution in [3.63, 3.8) is 0 Å². The number of amides is 2. The minimum Gasteiger partial charge on any atom is -0.348 e. The van der Waals surface area contributed by atoms with Crippen molar-refractivity contribution in [3.05, 3.63) is 83.9 Å². The van der Waals surface area contributed by atoms with E-state index in [1.165, 1.54) is 0 Å². The average Bonchev–Trinajstić information content (AvgIpc) is 3.23. The Morgan fingerprint density at radius 2 is 1.68 bits per heavy atom. The summed E-state index contributed by atoms with van der Waals surface area (Å²) in [5.41, 5.74) is 1.69. The molecule has 0 aliphatic carbocycles. The van der Waals surface area contributed by atoms with Gasteiger partial charge in [-0.3, -0.25) is 9.59 Å². The van der Waals surface area contributed by atoms with E-state index in [2.05, 4.69) is 5.32 Å². The third-order valence-corrected chi connectivity index (χ3v) is 5.47. The molecule has 4 heteroatoms. The van der Waals surface area contributed by atoms with E-state index in [0.717, 1.165) is 22.8 Å². The Bertz CT molecular complexity index is 1000. The number of fused-ring (bicyclic) bond motifs is 1. The zero-order valence-electron chi connectivity index (χ0n) is 16.0. The lowest BCUT2D eigenvalue weighted by Gasteiger charge is -2.26. The lowest BCUT2D eigenvalue weighted by Crippen LogP contribution is -2.46. The number of hydrogen-bond donors (Lipinski definition) is 1. The standard InChI is InChI=1S/C24H24N2O2/c1-17(18-8-3-2-4-9-18)25-23(27)22-12-7-15-26(22)24(28)21-14-13-19-10-5-6-11-20(19)16-21/h2-6,8-11,13-14,16-17,22H,7,12,15H2,1H3,(H,25,27). The number of rotatable bonds is 4. The van der Waals surface area contributed by atoms with E-state index >= 15 is 0 Å². The van der Waals surface area contributed by atoms with Crippen LogP contribution in [0.5, 0.6) is 0 Å². The Morgan fingerprint density at radius 1 is 0.964 bits per heavy atom. The predicted octanol–water partition coefficient (Wildman–Crippen LogP) is 4.32. The molecule has 0 spiro atoms. The second-order valence-corrected chi connectivity index (χ2v) is 7.36. The van der Waals surface area contributed by atoms with E-state index in [1.807, 2.05) is 79.7 Å². The highest BCUT2D eigenvalue weighted by Gasteiger charge is 2.35. The Morgan fingerprint density at radius 3 is 2.46 bits per heavy atom. The number of carbonyl (C=O) groups excluding carboxylic acids is 2. The van der Waals surface area contributed by atoms with Crippen LogP contribution < -0.4 is 5.32 Å². The van der Waals surface area contributed by atoms with Crippen LogP contribution in [0, 0.1) is 0 Å². The highest BCUT2D eigenvalue weighted by Crippen LogP contribution is 2.23. The van der Waals surface area contributed by atoms with Crippen LogP contribution in [0.1, 0.15) is 41.7 Å². The molecule has 1 N–H and O–H groups in total. The summed E-state index contributed by atoms with van der Waals surface area (Å²) < 4.78 is 0. The van der Waals surface area contributed by atoms with Crippen LogP contribution in [-0.4, -0.2) is 29.3 Å². The van der Waals surface area contributed by atoms with Gasteiger partial charge in [0.05, 0.1) is 6.04 Å². The van der Waals surface area contributed by atoms with E-state index in [9.17, 15) is 9.59 Å². The van der Waals surface area contributed by atoms with Gasteiger partial charge in [0.2, 0.25) is 5.91 Å². The molecule has 4 nitrogen and oxygen atoms in total. The van der Waals surface area contributed by atoms with Gasteiger partial charge in [-0.05, 0) is 48.2 Å². The first kappa shape index (κ1) is 18.2. The highest BCUT2D eigenvalue weighted by atomic mass is 16.2. The molecule has 1 aliphatic heterocycles. The number of nitrogens with zero attached hydrogens (tertiary/aromatic N) is 1.